The molecule has 1 N–H and O–H groups in total. The number of fused-ring (bicyclic) bond motifs is 1. The summed E-state index contributed by atoms with van der Waals surface area (Å²) in [5.74, 6) is 1.35. The molecule has 0 fully saturated rings. The first-order valence-corrected chi connectivity index (χ1v) is 11.4. The highest BCUT2D eigenvalue weighted by Crippen LogP contribution is 2.29. The van der Waals surface area contributed by atoms with Gasteiger partial charge in [0.05, 0.1) is 31.8 Å². The van der Waals surface area contributed by atoms with Gasteiger partial charge in [0.2, 0.25) is 5.91 Å². The average molecular weight is 459 g/mol. The number of anilines is 1. The van der Waals surface area contributed by atoms with E-state index in [-0.39, 0.29) is 18.0 Å². The lowest BCUT2D eigenvalue weighted by Gasteiger charge is -2.20. The Labute approximate surface area is 191 Å². The zero-order chi connectivity index (χ0) is 23.4. The van der Waals surface area contributed by atoms with Crippen molar-refractivity contribution in [2.75, 3.05) is 32.6 Å². The van der Waals surface area contributed by atoms with Crippen molar-refractivity contribution in [2.24, 2.45) is 0 Å². The van der Waals surface area contributed by atoms with E-state index in [1.165, 1.54) is 23.0 Å². The van der Waals surface area contributed by atoms with Crippen molar-refractivity contribution >= 4 is 33.1 Å². The van der Waals surface area contributed by atoms with Crippen LogP contribution in [0.3, 0.4) is 0 Å². The molecule has 0 aliphatic carbocycles. The van der Waals surface area contributed by atoms with Crippen LogP contribution in [-0.4, -0.2) is 47.7 Å². The first kappa shape index (κ1) is 23.7. The van der Waals surface area contributed by atoms with Gasteiger partial charge in [-0.2, -0.15) is 0 Å². The standard InChI is InChI=1S/C23H30N4O4S/c1-7-26(8-2)12-19-25-22-21(14(3)15(4)32-22)23(29)27(19)13-20(28)24-17-10-9-16(30-5)11-18(17)31-6/h9-11H,7-8,12-13H2,1-6H3,(H,24,28). The van der Waals surface area contributed by atoms with Gasteiger partial charge in [0.25, 0.3) is 5.56 Å². The van der Waals surface area contributed by atoms with Crippen LogP contribution in [0.1, 0.15) is 30.1 Å². The van der Waals surface area contributed by atoms with E-state index in [1.54, 1.807) is 25.3 Å². The minimum Gasteiger partial charge on any atom is -0.497 e. The molecular formula is C23H30N4O4S. The first-order chi connectivity index (χ1) is 15.3. The Morgan fingerprint density at radius 3 is 2.53 bits per heavy atom. The van der Waals surface area contributed by atoms with Gasteiger partial charge >= 0.3 is 0 Å². The van der Waals surface area contributed by atoms with Gasteiger partial charge in [-0.05, 0) is 44.6 Å². The summed E-state index contributed by atoms with van der Waals surface area (Å²) in [6.45, 7) is 10.0. The highest BCUT2D eigenvalue weighted by atomic mass is 32.1. The number of ether oxygens (including phenoxy) is 2. The molecule has 0 radical (unpaired) electrons. The number of aryl methyl sites for hydroxylation is 2. The molecule has 0 aliphatic rings. The monoisotopic (exact) mass is 458 g/mol. The van der Waals surface area contributed by atoms with Crippen LogP contribution < -0.4 is 20.3 Å². The smallest absolute Gasteiger partial charge is 0.263 e. The molecule has 0 saturated carbocycles. The normalized spacial score (nSPS) is 11.2. The largest absolute Gasteiger partial charge is 0.497 e. The lowest BCUT2D eigenvalue weighted by atomic mass is 10.2. The highest BCUT2D eigenvalue weighted by Gasteiger charge is 2.20. The Morgan fingerprint density at radius 2 is 1.91 bits per heavy atom. The number of hydrogen-bond acceptors (Lipinski definition) is 7. The highest BCUT2D eigenvalue weighted by molar-refractivity contribution is 7.18. The van der Waals surface area contributed by atoms with Gasteiger partial charge in [-0.1, -0.05) is 13.8 Å². The summed E-state index contributed by atoms with van der Waals surface area (Å²) in [4.78, 5) is 35.1. The summed E-state index contributed by atoms with van der Waals surface area (Å²) in [6, 6.07) is 5.14. The van der Waals surface area contributed by atoms with Gasteiger partial charge in [-0.15, -0.1) is 11.3 Å². The molecule has 1 aromatic carbocycles. The number of carbonyl (C=O) groups excluding carboxylic acids is 1. The molecule has 2 heterocycles. The Kier molecular flexibility index (Phi) is 7.52. The molecule has 0 aliphatic heterocycles. The molecular weight excluding hydrogens is 428 g/mol. The SMILES string of the molecule is CCN(CC)Cc1nc2sc(C)c(C)c2c(=O)n1CC(=O)Nc1ccc(OC)cc1OC. The molecule has 0 unspecified atom stereocenters. The van der Waals surface area contributed by atoms with Gasteiger partial charge < -0.3 is 14.8 Å². The van der Waals surface area contributed by atoms with E-state index in [1.807, 2.05) is 13.8 Å². The van der Waals surface area contributed by atoms with E-state index in [2.05, 4.69) is 24.1 Å². The van der Waals surface area contributed by atoms with Gasteiger partial charge in [0, 0.05) is 10.9 Å². The zero-order valence-electron chi connectivity index (χ0n) is 19.4. The molecule has 32 heavy (non-hydrogen) atoms. The Balaban J connectivity index is 1.99. The maximum absolute atomic E-state index is 13.4. The van der Waals surface area contributed by atoms with Crippen molar-refractivity contribution in [3.8, 4) is 11.5 Å². The van der Waals surface area contributed by atoms with Crippen molar-refractivity contribution < 1.29 is 14.3 Å². The number of rotatable bonds is 9. The second-order valence-corrected chi connectivity index (χ2v) is 8.66. The molecule has 1 amide bonds. The lowest BCUT2D eigenvalue weighted by Crippen LogP contribution is -2.34. The van der Waals surface area contributed by atoms with E-state index < -0.39 is 0 Å². The Bertz CT molecular complexity index is 1180. The van der Waals surface area contributed by atoms with Crippen molar-refractivity contribution in [1.82, 2.24) is 14.5 Å². The fourth-order valence-electron chi connectivity index (χ4n) is 3.54. The number of hydrogen-bond donors (Lipinski definition) is 1. The number of aromatic nitrogens is 2. The molecule has 0 bridgehead atoms. The van der Waals surface area contributed by atoms with Crippen LogP contribution in [0.15, 0.2) is 23.0 Å². The summed E-state index contributed by atoms with van der Waals surface area (Å²) in [7, 11) is 3.09. The number of amides is 1. The van der Waals surface area contributed by atoms with E-state index in [4.69, 9.17) is 14.5 Å². The summed E-state index contributed by atoms with van der Waals surface area (Å²) in [6.07, 6.45) is 0. The minimum absolute atomic E-state index is 0.137. The molecule has 3 rings (SSSR count). The molecule has 0 spiro atoms. The molecule has 9 heteroatoms. The fraction of sp³-hybridized carbons (Fsp3) is 0.435. The van der Waals surface area contributed by atoms with Gasteiger partial charge in [-0.3, -0.25) is 19.1 Å². The number of nitrogens with zero attached hydrogens (tertiary/aromatic N) is 3. The van der Waals surface area contributed by atoms with Gasteiger partial charge in [0.15, 0.2) is 0 Å². The zero-order valence-corrected chi connectivity index (χ0v) is 20.3. The van der Waals surface area contributed by atoms with Crippen molar-refractivity contribution in [3.05, 3.63) is 44.8 Å². The number of carbonyl (C=O) groups is 1. The summed E-state index contributed by atoms with van der Waals surface area (Å²) in [5, 5.41) is 3.44. The van der Waals surface area contributed by atoms with Gasteiger partial charge in [0.1, 0.15) is 28.7 Å². The predicted molar refractivity (Wildman–Crippen MR) is 128 cm³/mol. The quantitative estimate of drug-likeness (QED) is 0.528. The van der Waals surface area contributed by atoms with Crippen molar-refractivity contribution in [1.29, 1.82) is 0 Å². The second-order valence-electron chi connectivity index (χ2n) is 7.46. The average Bonchev–Trinajstić information content (AvgIpc) is 3.07. The molecule has 3 aromatic rings. The minimum atomic E-state index is -0.331. The van der Waals surface area contributed by atoms with Crippen LogP contribution in [0.25, 0.3) is 10.2 Å². The molecule has 172 valence electrons. The second kappa shape index (κ2) is 10.1. The third-order valence-electron chi connectivity index (χ3n) is 5.61. The van der Waals surface area contributed by atoms with Crippen molar-refractivity contribution in [3.63, 3.8) is 0 Å². The van der Waals surface area contributed by atoms with Crippen LogP contribution in [0.5, 0.6) is 11.5 Å². The summed E-state index contributed by atoms with van der Waals surface area (Å²) in [5.41, 5.74) is 1.24. The van der Waals surface area contributed by atoms with Crippen LogP contribution >= 0.6 is 11.3 Å². The van der Waals surface area contributed by atoms with E-state index in [0.29, 0.717) is 34.9 Å². The summed E-state index contributed by atoms with van der Waals surface area (Å²) >= 11 is 1.52. The Hall–Kier alpha value is -2.91. The predicted octanol–water partition coefficient (Wildman–Crippen LogP) is 3.57. The van der Waals surface area contributed by atoms with Crippen LogP contribution in [0.4, 0.5) is 5.69 Å². The maximum atomic E-state index is 13.4. The fourth-order valence-corrected chi connectivity index (χ4v) is 4.57. The van der Waals surface area contributed by atoms with E-state index in [9.17, 15) is 9.59 Å². The van der Waals surface area contributed by atoms with Crippen LogP contribution in [0, 0.1) is 13.8 Å². The van der Waals surface area contributed by atoms with Crippen LogP contribution in [-0.2, 0) is 17.9 Å². The molecule has 0 atom stereocenters. The van der Waals surface area contributed by atoms with E-state index >= 15 is 0 Å². The topological polar surface area (TPSA) is 85.7 Å². The van der Waals surface area contributed by atoms with E-state index in [0.717, 1.165) is 28.4 Å². The number of nitrogens with one attached hydrogen (secondary N) is 1. The van der Waals surface area contributed by atoms with Crippen LogP contribution in [0.2, 0.25) is 0 Å². The number of methoxy groups -OCH3 is 2. The third-order valence-corrected chi connectivity index (χ3v) is 6.71. The Morgan fingerprint density at radius 1 is 1.19 bits per heavy atom. The lowest BCUT2D eigenvalue weighted by molar-refractivity contribution is -0.116. The van der Waals surface area contributed by atoms with Gasteiger partial charge in [-0.25, -0.2) is 4.98 Å². The summed E-state index contributed by atoms with van der Waals surface area (Å²) < 4.78 is 12.1. The molecule has 0 saturated heterocycles. The molecule has 2 aromatic heterocycles. The first-order valence-electron chi connectivity index (χ1n) is 10.6. The number of benzene rings is 1. The maximum Gasteiger partial charge on any atom is 0.263 e. The third kappa shape index (κ3) is 4.78. The molecule has 8 nitrogen and oxygen atoms in total. The number of thiophene rings is 1. The van der Waals surface area contributed by atoms with Crippen molar-refractivity contribution in [2.45, 2.75) is 40.8 Å².